The summed E-state index contributed by atoms with van der Waals surface area (Å²) in [6, 6.07) is 8.45. The van der Waals surface area contributed by atoms with Gasteiger partial charge in [-0.2, -0.15) is 0 Å². The third-order valence-electron chi connectivity index (χ3n) is 4.92. The van der Waals surface area contributed by atoms with Gasteiger partial charge in [-0.1, -0.05) is 6.07 Å². The van der Waals surface area contributed by atoms with Gasteiger partial charge in [-0.15, -0.1) is 0 Å². The maximum Gasteiger partial charge on any atom is 0.338 e. The summed E-state index contributed by atoms with van der Waals surface area (Å²) in [7, 11) is 1.40. The molecule has 0 fully saturated rings. The van der Waals surface area contributed by atoms with Crippen molar-refractivity contribution in [3.63, 3.8) is 0 Å². The molecule has 0 spiro atoms. The molecule has 2 aromatic carbocycles. The number of carbonyl (C=O) groups is 2. The third kappa shape index (κ3) is 4.79. The van der Waals surface area contributed by atoms with Gasteiger partial charge in [0.1, 0.15) is 13.2 Å². The van der Waals surface area contributed by atoms with E-state index in [1.54, 1.807) is 51.1 Å². The number of hydrogen-bond acceptors (Lipinski definition) is 9. The summed E-state index contributed by atoms with van der Waals surface area (Å²) < 4.78 is 26.7. The lowest BCUT2D eigenvalue weighted by molar-refractivity contribution is -0.181. The number of carbonyl (C=O) groups excluding carboxylic acids is 2. The summed E-state index contributed by atoms with van der Waals surface area (Å²) >= 11 is 0. The van der Waals surface area contributed by atoms with Gasteiger partial charge in [-0.3, -0.25) is 4.79 Å². The molecule has 9 nitrogen and oxygen atoms in total. The number of esters is 2. The van der Waals surface area contributed by atoms with Crippen LogP contribution in [0.4, 0.5) is 0 Å². The molecular weight excluding hydrogens is 420 g/mol. The van der Waals surface area contributed by atoms with Gasteiger partial charge in [-0.25, -0.2) is 4.79 Å². The highest BCUT2D eigenvalue weighted by Gasteiger charge is 2.32. The van der Waals surface area contributed by atoms with Crippen LogP contribution in [0, 0.1) is 5.41 Å². The second-order valence-electron chi connectivity index (χ2n) is 7.76. The molecule has 0 radical (unpaired) electrons. The Balaban J connectivity index is 2.07. The Morgan fingerprint density at radius 3 is 2.53 bits per heavy atom. The van der Waals surface area contributed by atoms with E-state index in [4.69, 9.17) is 23.7 Å². The van der Waals surface area contributed by atoms with Crippen molar-refractivity contribution in [1.82, 2.24) is 0 Å². The molecule has 1 aliphatic rings. The molecule has 0 saturated heterocycles. The Morgan fingerprint density at radius 1 is 1.16 bits per heavy atom. The minimum atomic E-state index is -2.13. The van der Waals surface area contributed by atoms with Crippen LogP contribution in [0.3, 0.4) is 0 Å². The second-order valence-corrected chi connectivity index (χ2v) is 7.76. The van der Waals surface area contributed by atoms with E-state index in [9.17, 15) is 19.8 Å². The highest BCUT2D eigenvalue weighted by atomic mass is 16.7. The lowest BCUT2D eigenvalue weighted by atomic mass is 9.95. The standard InChI is InChI=1S/C23H26O9/c1-5-29-21(25)23(2,3)12-31-18-15(8-9-17(28-4)19(18)32-22(26)27)13-6-7-16-14(10-13)11-30-20(16)24/h6-10,22,26-27H,5,11-12H2,1-4H3. The highest BCUT2D eigenvalue weighted by molar-refractivity contribution is 5.94. The summed E-state index contributed by atoms with van der Waals surface area (Å²) in [5.41, 5.74) is 1.40. The predicted molar refractivity (Wildman–Crippen MR) is 112 cm³/mol. The molecule has 172 valence electrons. The van der Waals surface area contributed by atoms with Crippen molar-refractivity contribution in [2.75, 3.05) is 20.3 Å². The van der Waals surface area contributed by atoms with Crippen LogP contribution < -0.4 is 14.2 Å². The molecule has 1 heterocycles. The van der Waals surface area contributed by atoms with E-state index >= 15 is 0 Å². The van der Waals surface area contributed by atoms with Crippen molar-refractivity contribution in [1.29, 1.82) is 0 Å². The number of cyclic esters (lactones) is 1. The molecule has 0 bridgehead atoms. The number of methoxy groups -OCH3 is 1. The lowest BCUT2D eigenvalue weighted by Crippen LogP contribution is -2.33. The number of aliphatic hydroxyl groups excluding tert-OH is 1. The molecule has 0 aromatic heterocycles. The average Bonchev–Trinajstić information content (AvgIpc) is 3.12. The van der Waals surface area contributed by atoms with Crippen LogP contribution >= 0.6 is 0 Å². The van der Waals surface area contributed by atoms with E-state index in [0.717, 1.165) is 0 Å². The van der Waals surface area contributed by atoms with Gasteiger partial charge in [-0.05, 0) is 50.6 Å². The summed E-state index contributed by atoms with van der Waals surface area (Å²) in [6.07, 6.45) is 0. The quantitative estimate of drug-likeness (QED) is 0.442. The van der Waals surface area contributed by atoms with Gasteiger partial charge in [0.05, 0.1) is 24.7 Å². The molecule has 32 heavy (non-hydrogen) atoms. The normalized spacial score (nSPS) is 12.9. The molecule has 0 unspecified atom stereocenters. The van der Waals surface area contributed by atoms with Gasteiger partial charge >= 0.3 is 18.4 Å². The average molecular weight is 446 g/mol. The van der Waals surface area contributed by atoms with Gasteiger partial charge in [0.15, 0.2) is 11.5 Å². The maximum absolute atomic E-state index is 12.3. The molecular formula is C23H26O9. The molecule has 9 heteroatoms. The first-order chi connectivity index (χ1) is 15.2. The summed E-state index contributed by atoms with van der Waals surface area (Å²) in [5, 5.41) is 18.9. The van der Waals surface area contributed by atoms with Crippen LogP contribution in [-0.4, -0.2) is 49.0 Å². The van der Waals surface area contributed by atoms with Crippen molar-refractivity contribution in [3.8, 4) is 28.4 Å². The third-order valence-corrected chi connectivity index (χ3v) is 4.92. The van der Waals surface area contributed by atoms with Crippen LogP contribution in [0.5, 0.6) is 17.2 Å². The first-order valence-electron chi connectivity index (χ1n) is 10.0. The van der Waals surface area contributed by atoms with Crippen LogP contribution in [0.25, 0.3) is 11.1 Å². The van der Waals surface area contributed by atoms with E-state index in [2.05, 4.69) is 0 Å². The predicted octanol–water partition coefficient (Wildman–Crippen LogP) is 2.65. The maximum atomic E-state index is 12.3. The Bertz CT molecular complexity index is 1010. The Kier molecular flexibility index (Phi) is 6.90. The largest absolute Gasteiger partial charge is 0.493 e. The van der Waals surface area contributed by atoms with Gasteiger partial charge in [0.2, 0.25) is 5.75 Å². The number of aliphatic hydroxyl groups is 2. The molecule has 2 N–H and O–H groups in total. The fraction of sp³-hybridized carbons (Fsp3) is 0.391. The minimum absolute atomic E-state index is 0.0486. The second kappa shape index (κ2) is 9.46. The summed E-state index contributed by atoms with van der Waals surface area (Å²) in [4.78, 5) is 24.1. The SMILES string of the molecule is CCOC(=O)C(C)(C)COc1c(-c2ccc3c(c2)COC3=O)ccc(OC)c1OC(O)O. The number of rotatable bonds is 9. The van der Waals surface area contributed by atoms with Gasteiger partial charge < -0.3 is 33.9 Å². The first kappa shape index (κ1) is 23.4. The van der Waals surface area contributed by atoms with Crippen molar-refractivity contribution in [3.05, 3.63) is 41.5 Å². The number of fused-ring (bicyclic) bond motifs is 1. The number of benzene rings is 2. The molecule has 0 amide bonds. The van der Waals surface area contributed by atoms with E-state index in [0.29, 0.717) is 22.3 Å². The van der Waals surface area contributed by atoms with Crippen LogP contribution in [0.2, 0.25) is 0 Å². The van der Waals surface area contributed by atoms with Crippen LogP contribution in [0.1, 0.15) is 36.7 Å². The van der Waals surface area contributed by atoms with Crippen LogP contribution in [0.15, 0.2) is 30.3 Å². The van der Waals surface area contributed by atoms with Crippen LogP contribution in [-0.2, 0) is 20.9 Å². The van der Waals surface area contributed by atoms with E-state index in [-0.39, 0.29) is 43.0 Å². The molecule has 0 aliphatic carbocycles. The van der Waals surface area contributed by atoms with Crippen molar-refractivity contribution in [2.24, 2.45) is 5.41 Å². The molecule has 2 aromatic rings. The number of ether oxygens (including phenoxy) is 5. The topological polar surface area (TPSA) is 121 Å². The van der Waals surface area contributed by atoms with E-state index in [1.807, 2.05) is 0 Å². The van der Waals surface area contributed by atoms with Gasteiger partial charge in [0, 0.05) is 11.1 Å². The van der Waals surface area contributed by atoms with E-state index in [1.165, 1.54) is 7.11 Å². The molecule has 3 rings (SSSR count). The van der Waals surface area contributed by atoms with Crippen molar-refractivity contribution >= 4 is 11.9 Å². The number of hydrogen-bond donors (Lipinski definition) is 2. The van der Waals surface area contributed by atoms with E-state index < -0.39 is 17.9 Å². The Labute approximate surface area is 185 Å². The fourth-order valence-electron chi connectivity index (χ4n) is 3.23. The zero-order valence-corrected chi connectivity index (χ0v) is 18.3. The fourth-order valence-corrected chi connectivity index (χ4v) is 3.23. The summed E-state index contributed by atoms with van der Waals surface area (Å²) in [6.45, 7) is 3.22. The Morgan fingerprint density at radius 2 is 1.88 bits per heavy atom. The smallest absolute Gasteiger partial charge is 0.338 e. The van der Waals surface area contributed by atoms with Crippen molar-refractivity contribution in [2.45, 2.75) is 33.9 Å². The molecule has 0 atom stereocenters. The van der Waals surface area contributed by atoms with Gasteiger partial charge in [0.25, 0.3) is 0 Å². The monoisotopic (exact) mass is 446 g/mol. The highest BCUT2D eigenvalue weighted by Crippen LogP contribution is 2.46. The molecule has 1 aliphatic heterocycles. The summed E-state index contributed by atoms with van der Waals surface area (Å²) in [5.74, 6) is -0.540. The zero-order valence-electron chi connectivity index (χ0n) is 18.3. The lowest BCUT2D eigenvalue weighted by Gasteiger charge is -2.25. The minimum Gasteiger partial charge on any atom is -0.493 e. The zero-order chi connectivity index (χ0) is 23.5. The first-order valence-corrected chi connectivity index (χ1v) is 10.0. The molecule has 0 saturated carbocycles. The Hall–Kier alpha value is -3.30. The van der Waals surface area contributed by atoms with Crippen molar-refractivity contribution < 1.29 is 43.5 Å².